The zero-order chi connectivity index (χ0) is 14.1. The van der Waals surface area contributed by atoms with Gasteiger partial charge >= 0.3 is 0 Å². The van der Waals surface area contributed by atoms with Crippen LogP contribution < -0.4 is 10.5 Å². The first kappa shape index (κ1) is 14.3. The fraction of sp³-hybridized carbons (Fsp3) is 0.538. The third-order valence-corrected chi connectivity index (χ3v) is 4.57. The molecule has 1 aliphatic carbocycles. The molecule has 1 aromatic carbocycles. The molecule has 2 rings (SSSR count). The molecule has 1 fully saturated rings. The third kappa shape index (κ3) is 3.46. The van der Waals surface area contributed by atoms with Gasteiger partial charge in [-0.15, -0.1) is 0 Å². The minimum absolute atomic E-state index is 0.112. The number of benzene rings is 1. The summed E-state index contributed by atoms with van der Waals surface area (Å²) < 4.78 is 28.2. The SMILES string of the molecule is CS(=O)(=O)c1ccc(OCC(N)(CO)C2CC2)cc1. The fourth-order valence-corrected chi connectivity index (χ4v) is 2.58. The van der Waals surface area contributed by atoms with Crippen LogP contribution >= 0.6 is 0 Å². The van der Waals surface area contributed by atoms with E-state index in [0.29, 0.717) is 11.7 Å². The minimum Gasteiger partial charge on any atom is -0.492 e. The van der Waals surface area contributed by atoms with E-state index in [1.807, 2.05) is 0 Å². The van der Waals surface area contributed by atoms with E-state index >= 15 is 0 Å². The van der Waals surface area contributed by atoms with Crippen molar-refractivity contribution in [3.63, 3.8) is 0 Å². The first-order valence-electron chi connectivity index (χ1n) is 6.18. The number of hydrogen-bond donors (Lipinski definition) is 2. The number of ether oxygens (including phenoxy) is 1. The molecule has 0 saturated heterocycles. The van der Waals surface area contributed by atoms with Crippen molar-refractivity contribution >= 4 is 9.84 Å². The van der Waals surface area contributed by atoms with Crippen molar-refractivity contribution in [2.75, 3.05) is 19.5 Å². The molecule has 1 saturated carbocycles. The van der Waals surface area contributed by atoms with Gasteiger partial charge in [0.25, 0.3) is 0 Å². The van der Waals surface area contributed by atoms with Crippen LogP contribution in [0.15, 0.2) is 29.2 Å². The predicted octanol–water partition coefficient (Wildman–Crippen LogP) is 0.569. The van der Waals surface area contributed by atoms with Crippen LogP contribution in [0.3, 0.4) is 0 Å². The standard InChI is InChI=1S/C13H19NO4S/c1-19(16,17)12-6-4-11(5-7-12)18-9-13(14,8-15)10-2-3-10/h4-7,10,15H,2-3,8-9,14H2,1H3. The van der Waals surface area contributed by atoms with E-state index in [4.69, 9.17) is 10.5 Å². The third-order valence-electron chi connectivity index (χ3n) is 3.44. The van der Waals surface area contributed by atoms with Gasteiger partial charge in [-0.2, -0.15) is 0 Å². The summed E-state index contributed by atoms with van der Waals surface area (Å²) in [4.78, 5) is 0.253. The summed E-state index contributed by atoms with van der Waals surface area (Å²) in [6.07, 6.45) is 3.20. The Kier molecular flexibility index (Phi) is 3.85. The van der Waals surface area contributed by atoms with Gasteiger partial charge in [0.15, 0.2) is 9.84 Å². The molecular formula is C13H19NO4S. The highest BCUT2D eigenvalue weighted by atomic mass is 32.2. The van der Waals surface area contributed by atoms with Gasteiger partial charge in [0.05, 0.1) is 17.0 Å². The normalized spacial score (nSPS) is 18.9. The lowest BCUT2D eigenvalue weighted by atomic mass is 9.97. The molecule has 1 aromatic rings. The monoisotopic (exact) mass is 285 g/mol. The van der Waals surface area contributed by atoms with Crippen molar-refractivity contribution in [3.05, 3.63) is 24.3 Å². The molecule has 0 bridgehead atoms. The van der Waals surface area contributed by atoms with Crippen molar-refractivity contribution in [2.45, 2.75) is 23.3 Å². The maximum atomic E-state index is 11.3. The number of aliphatic hydroxyl groups is 1. The van der Waals surface area contributed by atoms with Gasteiger partial charge in [-0.1, -0.05) is 0 Å². The molecule has 6 heteroatoms. The predicted molar refractivity (Wildman–Crippen MR) is 71.8 cm³/mol. The Morgan fingerprint density at radius 2 is 1.95 bits per heavy atom. The van der Waals surface area contributed by atoms with Crippen molar-refractivity contribution in [2.24, 2.45) is 11.7 Å². The van der Waals surface area contributed by atoms with Crippen LogP contribution in [0.2, 0.25) is 0 Å². The summed E-state index contributed by atoms with van der Waals surface area (Å²) in [6.45, 7) is 0.117. The van der Waals surface area contributed by atoms with E-state index in [2.05, 4.69) is 0 Å². The quantitative estimate of drug-likeness (QED) is 0.797. The van der Waals surface area contributed by atoms with E-state index in [0.717, 1.165) is 19.1 Å². The Labute approximate surface area is 113 Å². The zero-order valence-electron chi connectivity index (χ0n) is 10.9. The van der Waals surface area contributed by atoms with Crippen LogP contribution in [0.5, 0.6) is 5.75 Å². The Morgan fingerprint density at radius 3 is 2.37 bits per heavy atom. The number of rotatable bonds is 6. The summed E-state index contributed by atoms with van der Waals surface area (Å²) >= 11 is 0. The molecule has 0 heterocycles. The Morgan fingerprint density at radius 1 is 1.37 bits per heavy atom. The first-order chi connectivity index (χ1) is 8.85. The van der Waals surface area contributed by atoms with Gasteiger partial charge in [-0.05, 0) is 43.0 Å². The molecule has 0 spiro atoms. The molecule has 0 radical (unpaired) electrons. The highest BCUT2D eigenvalue weighted by Gasteiger charge is 2.42. The topological polar surface area (TPSA) is 89.6 Å². The molecule has 1 atom stereocenters. The maximum Gasteiger partial charge on any atom is 0.175 e. The summed E-state index contributed by atoms with van der Waals surface area (Å²) in [5.41, 5.74) is 5.38. The summed E-state index contributed by atoms with van der Waals surface area (Å²) in [6, 6.07) is 6.19. The maximum absolute atomic E-state index is 11.3. The number of nitrogens with two attached hydrogens (primary N) is 1. The second kappa shape index (κ2) is 5.11. The van der Waals surface area contributed by atoms with E-state index in [-0.39, 0.29) is 18.1 Å². The molecular weight excluding hydrogens is 266 g/mol. The number of aliphatic hydroxyl groups excluding tert-OH is 1. The average Bonchev–Trinajstić information content (AvgIpc) is 3.20. The second-order valence-electron chi connectivity index (χ2n) is 5.20. The zero-order valence-corrected chi connectivity index (χ0v) is 11.7. The van der Waals surface area contributed by atoms with Gasteiger partial charge in [0.1, 0.15) is 12.4 Å². The van der Waals surface area contributed by atoms with E-state index in [1.54, 1.807) is 12.1 Å². The van der Waals surface area contributed by atoms with Crippen LogP contribution in [0.1, 0.15) is 12.8 Å². The second-order valence-corrected chi connectivity index (χ2v) is 7.21. The van der Waals surface area contributed by atoms with Crippen LogP contribution in [0.25, 0.3) is 0 Å². The summed E-state index contributed by atoms with van der Waals surface area (Å²) in [5, 5.41) is 9.34. The molecule has 1 aliphatic rings. The van der Waals surface area contributed by atoms with Crippen LogP contribution in [-0.2, 0) is 9.84 Å². The molecule has 0 aromatic heterocycles. The van der Waals surface area contributed by atoms with Crippen LogP contribution in [0, 0.1) is 5.92 Å². The Balaban J connectivity index is 2.00. The lowest BCUT2D eigenvalue weighted by molar-refractivity contribution is 0.117. The molecule has 106 valence electrons. The Hall–Kier alpha value is -1.11. The smallest absolute Gasteiger partial charge is 0.175 e. The van der Waals surface area contributed by atoms with Crippen molar-refractivity contribution in [1.29, 1.82) is 0 Å². The minimum atomic E-state index is -3.19. The molecule has 5 nitrogen and oxygen atoms in total. The Bertz CT molecular complexity index is 536. The highest BCUT2D eigenvalue weighted by molar-refractivity contribution is 7.90. The highest BCUT2D eigenvalue weighted by Crippen LogP contribution is 2.38. The molecule has 1 unspecified atom stereocenters. The van der Waals surface area contributed by atoms with E-state index in [9.17, 15) is 13.5 Å². The molecule has 0 aliphatic heterocycles. The summed E-state index contributed by atoms with van der Waals surface area (Å²) in [5.74, 6) is 0.865. The first-order valence-corrected chi connectivity index (χ1v) is 8.07. The largest absolute Gasteiger partial charge is 0.492 e. The molecule has 0 amide bonds. The van der Waals surface area contributed by atoms with E-state index < -0.39 is 15.4 Å². The molecule has 19 heavy (non-hydrogen) atoms. The van der Waals surface area contributed by atoms with E-state index in [1.165, 1.54) is 12.1 Å². The number of hydrogen-bond acceptors (Lipinski definition) is 5. The van der Waals surface area contributed by atoms with Crippen molar-refractivity contribution in [3.8, 4) is 5.75 Å². The fourth-order valence-electron chi connectivity index (χ4n) is 1.95. The van der Waals surface area contributed by atoms with Crippen molar-refractivity contribution in [1.82, 2.24) is 0 Å². The van der Waals surface area contributed by atoms with Crippen molar-refractivity contribution < 1.29 is 18.3 Å². The van der Waals surface area contributed by atoms with Crippen LogP contribution in [0.4, 0.5) is 0 Å². The lowest BCUT2D eigenvalue weighted by Crippen LogP contribution is -2.51. The van der Waals surface area contributed by atoms with Gasteiger partial charge in [-0.25, -0.2) is 8.42 Å². The van der Waals surface area contributed by atoms with Gasteiger partial charge < -0.3 is 15.6 Å². The summed E-state index contributed by atoms with van der Waals surface area (Å²) in [7, 11) is -3.19. The van der Waals surface area contributed by atoms with Gasteiger partial charge in [-0.3, -0.25) is 0 Å². The average molecular weight is 285 g/mol. The number of sulfone groups is 1. The lowest BCUT2D eigenvalue weighted by Gasteiger charge is -2.27. The van der Waals surface area contributed by atoms with Crippen LogP contribution in [-0.4, -0.2) is 38.5 Å². The van der Waals surface area contributed by atoms with Gasteiger partial charge in [0.2, 0.25) is 0 Å². The van der Waals surface area contributed by atoms with Gasteiger partial charge in [0, 0.05) is 6.26 Å². The molecule has 3 N–H and O–H groups in total.